The van der Waals surface area contributed by atoms with Gasteiger partial charge in [0.15, 0.2) is 0 Å². The Morgan fingerprint density at radius 2 is 2.00 bits per heavy atom. The highest BCUT2D eigenvalue weighted by atomic mass is 19.1. The first-order valence-electron chi connectivity index (χ1n) is 11.1. The van der Waals surface area contributed by atoms with Crippen LogP contribution in [0.5, 0.6) is 0 Å². The van der Waals surface area contributed by atoms with E-state index in [4.69, 9.17) is 4.74 Å². The fraction of sp³-hybridized carbons (Fsp3) is 0.333. The normalized spacial score (nSPS) is 16.6. The van der Waals surface area contributed by atoms with Crippen LogP contribution in [0.1, 0.15) is 51.6 Å². The van der Waals surface area contributed by atoms with E-state index in [1.54, 1.807) is 27.5 Å². The van der Waals surface area contributed by atoms with E-state index in [1.165, 1.54) is 6.07 Å². The lowest BCUT2D eigenvalue weighted by Crippen LogP contribution is -2.26. The van der Waals surface area contributed by atoms with Gasteiger partial charge < -0.3 is 14.6 Å². The van der Waals surface area contributed by atoms with Gasteiger partial charge in [-0.3, -0.25) is 14.0 Å². The number of nitrogens with zero attached hydrogens (tertiary/aromatic N) is 4. The van der Waals surface area contributed by atoms with E-state index >= 15 is 0 Å². The molecule has 0 atom stereocenters. The van der Waals surface area contributed by atoms with Crippen molar-refractivity contribution in [1.29, 1.82) is 0 Å². The molecule has 1 N–H and O–H groups in total. The molecule has 0 aliphatic carbocycles. The monoisotopic (exact) mass is 447 g/mol. The zero-order chi connectivity index (χ0) is 22.7. The zero-order valence-electron chi connectivity index (χ0n) is 18.1. The average molecular weight is 447 g/mol. The quantitative estimate of drug-likeness (QED) is 0.510. The molecule has 6 rings (SSSR count). The Hall–Kier alpha value is -3.59. The lowest BCUT2D eigenvalue weighted by Gasteiger charge is -2.21. The number of ether oxygens (including phenoxy) is 1. The Bertz CT molecular complexity index is 1490. The first kappa shape index (κ1) is 20.0. The molecule has 4 heterocycles. The van der Waals surface area contributed by atoms with Gasteiger partial charge in [0.25, 0.3) is 11.5 Å². The van der Waals surface area contributed by atoms with Crippen LogP contribution in [0, 0.1) is 12.7 Å². The number of H-pyrrole nitrogens is 1. The Morgan fingerprint density at radius 1 is 1.18 bits per heavy atom. The number of fused-ring (bicyclic) bond motifs is 4. The van der Waals surface area contributed by atoms with Crippen LogP contribution < -0.4 is 5.56 Å². The highest BCUT2D eigenvalue weighted by Gasteiger charge is 2.28. The zero-order valence-corrected chi connectivity index (χ0v) is 18.1. The molecule has 168 valence electrons. The number of carbonyl (C=O) groups excluding carboxylic acids is 1. The standard InChI is InChI=1S/C24H22FN5O3/c1-13-9-19-20(10-16(13)24(32)29-11-15-3-2-4-18(25)17(15)12-29)30-21(14-5-7-33-8-6-14)27-28-22(30)23(31)26-19/h2-4,9-10,14H,5-8,11-12H2,1H3,(H,26,31). The Balaban J connectivity index is 1.48. The van der Waals surface area contributed by atoms with Crippen LogP contribution in [0.4, 0.5) is 4.39 Å². The van der Waals surface area contributed by atoms with E-state index in [1.807, 2.05) is 13.0 Å². The van der Waals surface area contributed by atoms with E-state index in [0.29, 0.717) is 47.7 Å². The summed E-state index contributed by atoms with van der Waals surface area (Å²) in [7, 11) is 0. The number of benzene rings is 2. The predicted molar refractivity (Wildman–Crippen MR) is 119 cm³/mol. The van der Waals surface area contributed by atoms with Crippen molar-refractivity contribution in [2.45, 2.75) is 38.8 Å². The number of amides is 1. The largest absolute Gasteiger partial charge is 0.381 e. The van der Waals surface area contributed by atoms with Crippen LogP contribution >= 0.6 is 0 Å². The number of carbonyl (C=O) groups is 1. The molecule has 8 nitrogen and oxygen atoms in total. The topological polar surface area (TPSA) is 92.6 Å². The van der Waals surface area contributed by atoms with Crippen molar-refractivity contribution in [3.8, 4) is 0 Å². The number of rotatable bonds is 2. The Labute approximate surface area is 188 Å². The molecule has 0 spiro atoms. The molecule has 0 unspecified atom stereocenters. The SMILES string of the molecule is Cc1cc2[nH]c(=O)c3nnc(C4CCOCC4)n3c2cc1C(=O)N1Cc2cccc(F)c2C1. The smallest absolute Gasteiger partial charge is 0.294 e. The molecule has 4 aromatic rings. The number of hydrogen-bond donors (Lipinski definition) is 1. The van der Waals surface area contributed by atoms with Crippen LogP contribution in [0.15, 0.2) is 35.1 Å². The first-order valence-corrected chi connectivity index (χ1v) is 11.1. The van der Waals surface area contributed by atoms with Crippen molar-refractivity contribution in [2.75, 3.05) is 13.2 Å². The summed E-state index contributed by atoms with van der Waals surface area (Å²) in [6, 6.07) is 8.54. The van der Waals surface area contributed by atoms with Gasteiger partial charge >= 0.3 is 0 Å². The molecule has 0 bridgehead atoms. The number of halogens is 1. The maximum absolute atomic E-state index is 14.2. The molecule has 0 saturated carbocycles. The molecule has 1 amide bonds. The van der Waals surface area contributed by atoms with Gasteiger partial charge in [0.2, 0.25) is 5.65 Å². The summed E-state index contributed by atoms with van der Waals surface area (Å²) in [6.45, 7) is 3.71. The van der Waals surface area contributed by atoms with Crippen molar-refractivity contribution < 1.29 is 13.9 Å². The molecule has 33 heavy (non-hydrogen) atoms. The number of aromatic nitrogens is 4. The summed E-state index contributed by atoms with van der Waals surface area (Å²) in [5.74, 6) is 0.366. The summed E-state index contributed by atoms with van der Waals surface area (Å²) >= 11 is 0. The van der Waals surface area contributed by atoms with Crippen LogP contribution in [0.3, 0.4) is 0 Å². The molecule has 0 radical (unpaired) electrons. The maximum Gasteiger partial charge on any atom is 0.294 e. The van der Waals surface area contributed by atoms with Gasteiger partial charge in [-0.25, -0.2) is 4.39 Å². The second-order valence-electron chi connectivity index (χ2n) is 8.78. The Kier molecular flexibility index (Phi) is 4.55. The van der Waals surface area contributed by atoms with Crippen LogP contribution in [0.2, 0.25) is 0 Å². The van der Waals surface area contributed by atoms with Gasteiger partial charge in [-0.1, -0.05) is 12.1 Å². The molecule has 1 fully saturated rings. The predicted octanol–water partition coefficient (Wildman–Crippen LogP) is 3.07. The highest BCUT2D eigenvalue weighted by molar-refractivity contribution is 5.99. The van der Waals surface area contributed by atoms with E-state index in [2.05, 4.69) is 15.2 Å². The third-order valence-electron chi connectivity index (χ3n) is 6.75. The van der Waals surface area contributed by atoms with Gasteiger partial charge in [-0.05, 0) is 49.1 Å². The summed E-state index contributed by atoms with van der Waals surface area (Å²) < 4.78 is 21.5. The molecule has 2 aliphatic heterocycles. The summed E-state index contributed by atoms with van der Waals surface area (Å²) in [5.41, 5.74) is 3.82. The highest BCUT2D eigenvalue weighted by Crippen LogP contribution is 2.30. The van der Waals surface area contributed by atoms with Crippen molar-refractivity contribution in [2.24, 2.45) is 0 Å². The Morgan fingerprint density at radius 3 is 2.79 bits per heavy atom. The minimum atomic E-state index is -0.322. The third kappa shape index (κ3) is 3.14. The molecule has 1 saturated heterocycles. The van der Waals surface area contributed by atoms with E-state index in [9.17, 15) is 14.0 Å². The van der Waals surface area contributed by atoms with Gasteiger partial charge in [0, 0.05) is 43.3 Å². The maximum atomic E-state index is 14.2. The van der Waals surface area contributed by atoms with Gasteiger partial charge in [0.05, 0.1) is 11.0 Å². The molecular weight excluding hydrogens is 425 g/mol. The van der Waals surface area contributed by atoms with E-state index in [-0.39, 0.29) is 35.4 Å². The third-order valence-corrected chi connectivity index (χ3v) is 6.75. The number of hydrogen-bond acceptors (Lipinski definition) is 5. The van der Waals surface area contributed by atoms with Crippen molar-refractivity contribution in [3.05, 3.63) is 74.6 Å². The van der Waals surface area contributed by atoms with Crippen LogP contribution in [-0.2, 0) is 17.8 Å². The van der Waals surface area contributed by atoms with Crippen molar-refractivity contribution in [1.82, 2.24) is 24.5 Å². The second-order valence-corrected chi connectivity index (χ2v) is 8.78. The summed E-state index contributed by atoms with van der Waals surface area (Å²) in [4.78, 5) is 30.7. The van der Waals surface area contributed by atoms with Gasteiger partial charge in [-0.2, -0.15) is 0 Å². The van der Waals surface area contributed by atoms with E-state index in [0.717, 1.165) is 24.0 Å². The van der Waals surface area contributed by atoms with Crippen molar-refractivity contribution in [3.63, 3.8) is 0 Å². The fourth-order valence-corrected chi connectivity index (χ4v) is 4.99. The fourth-order valence-electron chi connectivity index (χ4n) is 4.99. The lowest BCUT2D eigenvalue weighted by molar-refractivity contribution is 0.0750. The summed E-state index contributed by atoms with van der Waals surface area (Å²) in [6.07, 6.45) is 1.59. The molecule has 2 aromatic carbocycles. The molecule has 2 aromatic heterocycles. The van der Waals surface area contributed by atoms with E-state index < -0.39 is 0 Å². The second kappa shape index (κ2) is 7.48. The first-order chi connectivity index (χ1) is 16.0. The number of aromatic amines is 1. The van der Waals surface area contributed by atoms with Gasteiger partial charge in [0.1, 0.15) is 11.6 Å². The van der Waals surface area contributed by atoms with Gasteiger partial charge in [-0.15, -0.1) is 10.2 Å². The minimum absolute atomic E-state index is 0.121. The van der Waals surface area contributed by atoms with Crippen LogP contribution in [-0.4, -0.2) is 43.6 Å². The van der Waals surface area contributed by atoms with Crippen LogP contribution in [0.25, 0.3) is 16.7 Å². The summed E-state index contributed by atoms with van der Waals surface area (Å²) in [5, 5.41) is 8.49. The molecular formula is C24H22FN5O3. The number of aryl methyl sites for hydroxylation is 1. The molecule has 2 aliphatic rings. The number of nitrogens with one attached hydrogen (secondary N) is 1. The minimum Gasteiger partial charge on any atom is -0.381 e. The van der Waals surface area contributed by atoms with Crippen molar-refractivity contribution >= 4 is 22.6 Å². The average Bonchev–Trinajstić information content (AvgIpc) is 3.45. The lowest BCUT2D eigenvalue weighted by atomic mass is 9.99. The molecule has 9 heteroatoms.